The topological polar surface area (TPSA) is 23.9 Å². The molecule has 0 atom stereocenters. The summed E-state index contributed by atoms with van der Waals surface area (Å²) < 4.78 is 0. The van der Waals surface area contributed by atoms with Crippen LogP contribution in [-0.2, 0) is 5.41 Å². The van der Waals surface area contributed by atoms with E-state index < -0.39 is 0 Å². The molecule has 0 aliphatic carbocycles. The van der Waals surface area contributed by atoms with Crippen LogP contribution in [0.2, 0.25) is 0 Å². The molecule has 0 heterocycles. The van der Waals surface area contributed by atoms with Gasteiger partial charge in [-0.25, -0.2) is 0 Å². The van der Waals surface area contributed by atoms with Gasteiger partial charge in [-0.3, -0.25) is 5.41 Å². The highest BCUT2D eigenvalue weighted by Gasteiger charge is 2.27. The molecule has 150 valence electrons. The van der Waals surface area contributed by atoms with Crippen molar-refractivity contribution in [3.05, 3.63) is 40.5 Å². The van der Waals surface area contributed by atoms with E-state index in [1.807, 2.05) is 0 Å². The minimum atomic E-state index is 0.208. The van der Waals surface area contributed by atoms with E-state index in [4.69, 9.17) is 5.41 Å². The maximum atomic E-state index is 5.85. The molecule has 0 amide bonds. The van der Waals surface area contributed by atoms with Crippen LogP contribution in [0, 0.1) is 12.3 Å². The van der Waals surface area contributed by atoms with E-state index in [-0.39, 0.29) is 5.41 Å². The molecule has 0 bridgehead atoms. The van der Waals surface area contributed by atoms with E-state index in [0.29, 0.717) is 17.8 Å². The van der Waals surface area contributed by atoms with Crippen molar-refractivity contribution >= 4 is 5.87 Å². The van der Waals surface area contributed by atoms with E-state index in [2.05, 4.69) is 95.7 Å². The summed E-state index contributed by atoms with van der Waals surface area (Å²) in [5.41, 5.74) is 7.99. The Kier molecular flexibility index (Phi) is 12.5. The molecule has 0 fully saturated rings. The first kappa shape index (κ1) is 26.9. The van der Waals surface area contributed by atoms with Crippen molar-refractivity contribution in [3.8, 4) is 0 Å². The van der Waals surface area contributed by atoms with Crippen molar-refractivity contribution in [1.29, 1.82) is 5.41 Å². The summed E-state index contributed by atoms with van der Waals surface area (Å²) in [7, 11) is 0. The number of hydrogen-bond acceptors (Lipinski definition) is 1. The maximum absolute atomic E-state index is 5.85. The zero-order chi connectivity index (χ0) is 21.2. The fourth-order valence-electron chi connectivity index (χ4n) is 3.46. The molecule has 0 saturated carbocycles. The molecule has 1 aromatic rings. The van der Waals surface area contributed by atoms with Gasteiger partial charge in [0.25, 0.3) is 0 Å². The first-order chi connectivity index (χ1) is 11.8. The summed E-state index contributed by atoms with van der Waals surface area (Å²) in [4.78, 5) is 0. The molecule has 1 aromatic carbocycles. The zero-order valence-electron chi connectivity index (χ0n) is 19.7. The Bertz CT molecular complexity index is 563. The largest absolute Gasteiger partial charge is 0.259 e. The molecule has 0 saturated heterocycles. The molecule has 0 spiro atoms. The highest BCUT2D eigenvalue weighted by atomic mass is 14.3. The van der Waals surface area contributed by atoms with Crippen molar-refractivity contribution in [1.82, 2.24) is 0 Å². The molecule has 1 nitrogen and oxygen atoms in total. The lowest BCUT2D eigenvalue weighted by Gasteiger charge is -2.33. The van der Waals surface area contributed by atoms with Crippen molar-refractivity contribution < 1.29 is 0 Å². The predicted molar refractivity (Wildman–Crippen MR) is 121 cm³/mol. The van der Waals surface area contributed by atoms with Gasteiger partial charge in [0.1, 0.15) is 0 Å². The molecular formula is C25H45N. The Morgan fingerprint density at radius 1 is 0.923 bits per heavy atom. The third-order valence-electron chi connectivity index (χ3n) is 4.28. The van der Waals surface area contributed by atoms with Gasteiger partial charge in [0.05, 0.1) is 0 Å². The lowest BCUT2D eigenvalue weighted by atomic mass is 9.72. The highest BCUT2D eigenvalue weighted by Crippen LogP contribution is 2.41. The monoisotopic (exact) mass is 359 g/mol. The molecule has 26 heavy (non-hydrogen) atoms. The van der Waals surface area contributed by atoms with Gasteiger partial charge in [-0.1, -0.05) is 88.6 Å². The average Bonchev–Trinajstić information content (AvgIpc) is 2.46. The summed E-state index contributed by atoms with van der Waals surface area (Å²) in [5, 5.41) is 5.85. The first-order valence-electron chi connectivity index (χ1n) is 10.2. The Morgan fingerprint density at radius 2 is 1.27 bits per heavy atom. The van der Waals surface area contributed by atoms with E-state index in [0.717, 1.165) is 0 Å². The standard InChI is InChI=1S/C20H34.C3H8.C2H3N/c1-12(2)16-11-17(13(3)4)19(20(8,9)10)18(14(5)6)15(16)7;1-3-2;1-2-3/h11-14H,1-10H3;3H2,1-2H3;3H,1H2. The molecular weight excluding hydrogens is 314 g/mol. The van der Waals surface area contributed by atoms with Crippen LogP contribution in [-0.4, -0.2) is 5.87 Å². The smallest absolute Gasteiger partial charge is 0.0126 e. The normalized spacial score (nSPS) is 10.9. The second-order valence-electron chi connectivity index (χ2n) is 9.07. The van der Waals surface area contributed by atoms with Gasteiger partial charge in [0.2, 0.25) is 0 Å². The molecule has 1 N–H and O–H groups in total. The third kappa shape index (κ3) is 7.92. The minimum absolute atomic E-state index is 0.208. The van der Waals surface area contributed by atoms with Crippen LogP contribution in [0.4, 0.5) is 0 Å². The summed E-state index contributed by atoms with van der Waals surface area (Å²) in [6, 6.07) is 2.48. The minimum Gasteiger partial charge on any atom is -0.259 e. The Hall–Kier alpha value is -1.33. The first-order valence-corrected chi connectivity index (χ1v) is 10.2. The van der Waals surface area contributed by atoms with Crippen LogP contribution in [0.15, 0.2) is 12.6 Å². The summed E-state index contributed by atoms with van der Waals surface area (Å²) in [6.45, 7) is 30.5. The van der Waals surface area contributed by atoms with Crippen molar-refractivity contribution in [3.63, 3.8) is 0 Å². The van der Waals surface area contributed by atoms with E-state index >= 15 is 0 Å². The van der Waals surface area contributed by atoms with Gasteiger partial charge in [-0.2, -0.15) is 0 Å². The number of rotatable bonds is 3. The van der Waals surface area contributed by atoms with Crippen molar-refractivity contribution in [2.24, 2.45) is 0 Å². The second-order valence-corrected chi connectivity index (χ2v) is 9.07. The Labute approximate surface area is 164 Å². The van der Waals surface area contributed by atoms with Gasteiger partial charge < -0.3 is 0 Å². The number of benzene rings is 1. The van der Waals surface area contributed by atoms with Crippen LogP contribution in [0.1, 0.15) is 128 Å². The Morgan fingerprint density at radius 3 is 1.50 bits per heavy atom. The van der Waals surface area contributed by atoms with Crippen LogP contribution < -0.4 is 0 Å². The van der Waals surface area contributed by atoms with Gasteiger partial charge >= 0.3 is 0 Å². The lowest BCUT2D eigenvalue weighted by Crippen LogP contribution is -2.21. The van der Waals surface area contributed by atoms with Gasteiger partial charge in [0, 0.05) is 0 Å². The molecule has 1 rings (SSSR count). The molecule has 0 aliphatic rings. The number of hydrogen-bond donors (Lipinski definition) is 1. The fraction of sp³-hybridized carbons (Fsp3) is 0.680. The second kappa shape index (κ2) is 12.1. The van der Waals surface area contributed by atoms with E-state index in [1.165, 1.54) is 17.5 Å². The average molecular weight is 360 g/mol. The molecule has 1 heteroatoms. The van der Waals surface area contributed by atoms with Crippen LogP contribution in [0.25, 0.3) is 0 Å². The maximum Gasteiger partial charge on any atom is -0.0126 e. The summed E-state index contributed by atoms with van der Waals surface area (Å²) in [5.74, 6) is 3.51. The summed E-state index contributed by atoms with van der Waals surface area (Å²) in [6.07, 6.45) is 1.25. The third-order valence-corrected chi connectivity index (χ3v) is 4.28. The fourth-order valence-corrected chi connectivity index (χ4v) is 3.46. The molecule has 0 aliphatic heterocycles. The highest BCUT2D eigenvalue weighted by molar-refractivity contribution is 5.52. The van der Waals surface area contributed by atoms with Crippen LogP contribution in [0.5, 0.6) is 0 Å². The van der Waals surface area contributed by atoms with Crippen molar-refractivity contribution in [2.45, 2.75) is 113 Å². The zero-order valence-corrected chi connectivity index (χ0v) is 19.7. The van der Waals surface area contributed by atoms with Gasteiger partial charge in [-0.05, 0) is 70.4 Å². The number of nitrogens with one attached hydrogen (secondary N) is 1. The predicted octanol–water partition coefficient (Wildman–Crippen LogP) is 8.50. The van der Waals surface area contributed by atoms with Gasteiger partial charge in [0.15, 0.2) is 0 Å². The lowest BCUT2D eigenvalue weighted by molar-refractivity contribution is 0.561. The molecule has 0 unspecified atom stereocenters. The van der Waals surface area contributed by atoms with E-state index in [9.17, 15) is 0 Å². The molecule has 0 radical (unpaired) electrons. The Balaban J connectivity index is 0. The molecule has 0 aromatic heterocycles. The van der Waals surface area contributed by atoms with E-state index in [1.54, 1.807) is 22.6 Å². The summed E-state index contributed by atoms with van der Waals surface area (Å²) >= 11 is 0. The quantitative estimate of drug-likeness (QED) is 0.523. The SMILES string of the molecule is C=C=N.CCC.Cc1c(C(C)C)cc(C(C)C)c(C(C)(C)C)c1C(C)C. The van der Waals surface area contributed by atoms with Crippen molar-refractivity contribution in [2.75, 3.05) is 0 Å². The van der Waals surface area contributed by atoms with Crippen LogP contribution in [0.3, 0.4) is 0 Å². The van der Waals surface area contributed by atoms with Crippen LogP contribution >= 0.6 is 0 Å². The van der Waals surface area contributed by atoms with Gasteiger partial charge in [-0.15, -0.1) is 0 Å².